The molecule has 0 radical (unpaired) electrons. The van der Waals surface area contributed by atoms with Gasteiger partial charge in [-0.25, -0.2) is 0 Å². The van der Waals surface area contributed by atoms with Gasteiger partial charge in [0.15, 0.2) is 0 Å². The van der Waals surface area contributed by atoms with Gasteiger partial charge in [-0.2, -0.15) is 0 Å². The number of hydrogen-bond acceptors (Lipinski definition) is 2. The van der Waals surface area contributed by atoms with Crippen LogP contribution in [0.3, 0.4) is 0 Å². The van der Waals surface area contributed by atoms with Gasteiger partial charge >= 0.3 is 5.97 Å². The average Bonchev–Trinajstić information content (AvgIpc) is 2.35. The summed E-state index contributed by atoms with van der Waals surface area (Å²) in [5.41, 5.74) is 0. The SMILES string of the molecule is CC1CCN(CC(Cl)C(=O)O)C1. The van der Waals surface area contributed by atoms with Crippen molar-refractivity contribution < 1.29 is 9.90 Å². The quantitative estimate of drug-likeness (QED) is 0.678. The minimum absolute atomic E-state index is 0.473. The maximum atomic E-state index is 10.4. The number of nitrogens with zero attached hydrogens (tertiary/aromatic N) is 1. The van der Waals surface area contributed by atoms with Gasteiger partial charge in [0.05, 0.1) is 0 Å². The van der Waals surface area contributed by atoms with Crippen molar-refractivity contribution in [3.8, 4) is 0 Å². The summed E-state index contributed by atoms with van der Waals surface area (Å²) in [7, 11) is 0. The summed E-state index contributed by atoms with van der Waals surface area (Å²) in [6.45, 7) is 4.61. The van der Waals surface area contributed by atoms with Crippen molar-refractivity contribution in [3.05, 3.63) is 0 Å². The van der Waals surface area contributed by atoms with Crippen LogP contribution in [0.15, 0.2) is 0 Å². The minimum Gasteiger partial charge on any atom is -0.480 e. The third kappa shape index (κ3) is 2.64. The average molecular weight is 192 g/mol. The third-order valence-electron chi connectivity index (χ3n) is 2.19. The lowest BCUT2D eigenvalue weighted by Crippen LogP contribution is -2.32. The van der Waals surface area contributed by atoms with E-state index in [1.165, 1.54) is 0 Å². The number of hydrogen-bond donors (Lipinski definition) is 1. The summed E-state index contributed by atoms with van der Waals surface area (Å²) in [4.78, 5) is 12.5. The Morgan fingerprint density at radius 1 is 1.83 bits per heavy atom. The lowest BCUT2D eigenvalue weighted by molar-refractivity contribution is -0.136. The maximum Gasteiger partial charge on any atom is 0.322 e. The van der Waals surface area contributed by atoms with E-state index < -0.39 is 11.3 Å². The zero-order valence-corrected chi connectivity index (χ0v) is 7.92. The molecule has 2 atom stereocenters. The van der Waals surface area contributed by atoms with E-state index in [1.807, 2.05) is 0 Å². The Balaban J connectivity index is 2.27. The van der Waals surface area contributed by atoms with Crippen LogP contribution in [0.5, 0.6) is 0 Å². The number of halogens is 1. The number of carbonyl (C=O) groups is 1. The molecule has 1 N–H and O–H groups in total. The molecule has 4 heteroatoms. The highest BCUT2D eigenvalue weighted by Gasteiger charge is 2.23. The summed E-state index contributed by atoms with van der Waals surface area (Å²) in [5.74, 6) is -0.237. The first-order valence-corrected chi connectivity index (χ1v) is 4.62. The number of alkyl halides is 1. The van der Waals surface area contributed by atoms with E-state index in [0.717, 1.165) is 19.5 Å². The van der Waals surface area contributed by atoms with Gasteiger partial charge in [-0.3, -0.25) is 4.79 Å². The molecular weight excluding hydrogens is 178 g/mol. The molecule has 1 fully saturated rings. The number of likely N-dealkylation sites (tertiary alicyclic amines) is 1. The molecule has 70 valence electrons. The molecule has 1 rings (SSSR count). The van der Waals surface area contributed by atoms with E-state index in [9.17, 15) is 4.79 Å². The lowest BCUT2D eigenvalue weighted by atomic mass is 10.2. The fourth-order valence-electron chi connectivity index (χ4n) is 1.50. The molecule has 1 heterocycles. The van der Waals surface area contributed by atoms with E-state index in [2.05, 4.69) is 11.8 Å². The second kappa shape index (κ2) is 4.10. The fraction of sp³-hybridized carbons (Fsp3) is 0.875. The summed E-state index contributed by atoms with van der Waals surface area (Å²) >= 11 is 5.60. The number of carboxylic acids is 1. The van der Waals surface area contributed by atoms with Gasteiger partial charge in [-0.15, -0.1) is 11.6 Å². The molecule has 12 heavy (non-hydrogen) atoms. The molecule has 0 aromatic carbocycles. The predicted molar refractivity (Wildman–Crippen MR) is 47.5 cm³/mol. The molecule has 0 amide bonds. The highest BCUT2D eigenvalue weighted by atomic mass is 35.5. The second-order valence-corrected chi connectivity index (χ2v) is 3.99. The molecule has 3 nitrogen and oxygen atoms in total. The molecule has 2 unspecified atom stereocenters. The molecule has 1 aliphatic rings. The first kappa shape index (κ1) is 9.81. The molecular formula is C8H14ClNO2. The number of aliphatic carboxylic acids is 1. The Kier molecular flexibility index (Phi) is 3.35. The van der Waals surface area contributed by atoms with E-state index in [0.29, 0.717) is 12.5 Å². The lowest BCUT2D eigenvalue weighted by Gasteiger charge is -2.16. The van der Waals surface area contributed by atoms with E-state index in [-0.39, 0.29) is 0 Å². The van der Waals surface area contributed by atoms with E-state index in [4.69, 9.17) is 16.7 Å². The summed E-state index contributed by atoms with van der Waals surface area (Å²) in [6.07, 6.45) is 1.16. The van der Waals surface area contributed by atoms with E-state index in [1.54, 1.807) is 0 Å². The van der Waals surface area contributed by atoms with Crippen molar-refractivity contribution in [2.24, 2.45) is 5.92 Å². The molecule has 0 bridgehead atoms. The fourth-order valence-corrected chi connectivity index (χ4v) is 1.69. The number of carboxylic acid groups (broad SMARTS) is 1. The van der Waals surface area contributed by atoms with Crippen LogP contribution >= 0.6 is 11.6 Å². The Labute approximate surface area is 77.3 Å². The molecule has 0 saturated carbocycles. The maximum absolute atomic E-state index is 10.4. The summed E-state index contributed by atoms with van der Waals surface area (Å²) in [6, 6.07) is 0. The first-order valence-electron chi connectivity index (χ1n) is 4.19. The van der Waals surface area contributed by atoms with Crippen LogP contribution in [0.25, 0.3) is 0 Å². The predicted octanol–water partition coefficient (Wildman–Crippen LogP) is 1.02. The normalized spacial score (nSPS) is 27.3. The van der Waals surface area contributed by atoms with Crippen molar-refractivity contribution in [1.29, 1.82) is 0 Å². The standard InChI is InChI=1S/C8H14ClNO2/c1-6-2-3-10(4-6)5-7(9)8(11)12/h6-7H,2-5H2,1H3,(H,11,12). The summed E-state index contributed by atoms with van der Waals surface area (Å²) in [5, 5.41) is 7.80. The highest BCUT2D eigenvalue weighted by molar-refractivity contribution is 6.29. The molecule has 1 saturated heterocycles. The topological polar surface area (TPSA) is 40.5 Å². The second-order valence-electron chi connectivity index (χ2n) is 3.46. The van der Waals surface area contributed by atoms with Crippen molar-refractivity contribution in [1.82, 2.24) is 4.90 Å². The molecule has 1 aliphatic heterocycles. The van der Waals surface area contributed by atoms with Crippen LogP contribution in [0.1, 0.15) is 13.3 Å². The Morgan fingerprint density at radius 3 is 2.92 bits per heavy atom. The van der Waals surface area contributed by atoms with Gasteiger partial charge in [-0.1, -0.05) is 6.92 Å². The van der Waals surface area contributed by atoms with E-state index >= 15 is 0 Å². The number of rotatable bonds is 3. The first-order chi connectivity index (χ1) is 5.59. The van der Waals surface area contributed by atoms with Gasteiger partial charge in [-0.05, 0) is 18.9 Å². The highest BCUT2D eigenvalue weighted by Crippen LogP contribution is 2.16. The van der Waals surface area contributed by atoms with Crippen LogP contribution < -0.4 is 0 Å². The van der Waals surface area contributed by atoms with Crippen LogP contribution in [-0.4, -0.2) is 41.0 Å². The largest absolute Gasteiger partial charge is 0.480 e. The van der Waals surface area contributed by atoms with Crippen LogP contribution in [0.4, 0.5) is 0 Å². The summed E-state index contributed by atoms with van der Waals surface area (Å²) < 4.78 is 0. The smallest absolute Gasteiger partial charge is 0.322 e. The van der Waals surface area contributed by atoms with Crippen LogP contribution in [0, 0.1) is 5.92 Å². The van der Waals surface area contributed by atoms with Gasteiger partial charge in [0, 0.05) is 13.1 Å². The molecule has 0 spiro atoms. The minimum atomic E-state index is -0.920. The van der Waals surface area contributed by atoms with Crippen molar-refractivity contribution in [2.45, 2.75) is 18.7 Å². The van der Waals surface area contributed by atoms with Crippen molar-refractivity contribution in [2.75, 3.05) is 19.6 Å². The molecule has 0 aliphatic carbocycles. The van der Waals surface area contributed by atoms with Gasteiger partial charge in [0.1, 0.15) is 5.38 Å². The van der Waals surface area contributed by atoms with Crippen molar-refractivity contribution >= 4 is 17.6 Å². The molecule has 0 aromatic heterocycles. The van der Waals surface area contributed by atoms with Gasteiger partial charge in [0.2, 0.25) is 0 Å². The van der Waals surface area contributed by atoms with Crippen LogP contribution in [-0.2, 0) is 4.79 Å². The zero-order valence-electron chi connectivity index (χ0n) is 7.16. The van der Waals surface area contributed by atoms with Gasteiger partial charge in [0.25, 0.3) is 0 Å². The van der Waals surface area contributed by atoms with Crippen LogP contribution in [0.2, 0.25) is 0 Å². The Morgan fingerprint density at radius 2 is 2.50 bits per heavy atom. The Bertz CT molecular complexity index is 174. The van der Waals surface area contributed by atoms with Gasteiger partial charge < -0.3 is 10.0 Å². The molecule has 0 aromatic rings. The van der Waals surface area contributed by atoms with Crippen molar-refractivity contribution in [3.63, 3.8) is 0 Å². The third-order valence-corrected chi connectivity index (χ3v) is 2.52. The monoisotopic (exact) mass is 191 g/mol. The zero-order chi connectivity index (χ0) is 9.14. The Hall–Kier alpha value is -0.280.